The zero-order valence-corrected chi connectivity index (χ0v) is 13.0. The number of benzene rings is 1. The third-order valence-electron chi connectivity index (χ3n) is 2.91. The van der Waals surface area contributed by atoms with Gasteiger partial charge in [0, 0.05) is 7.05 Å². The average Bonchev–Trinajstić information content (AvgIpc) is 2.86. The van der Waals surface area contributed by atoms with Gasteiger partial charge in [0.1, 0.15) is 12.4 Å². The van der Waals surface area contributed by atoms with Gasteiger partial charge in [0.25, 0.3) is 5.91 Å². The van der Waals surface area contributed by atoms with Crippen molar-refractivity contribution < 1.29 is 9.53 Å². The maximum Gasteiger partial charge on any atom is 0.263 e. The smallest absolute Gasteiger partial charge is 0.263 e. The fourth-order valence-electron chi connectivity index (χ4n) is 1.73. The Morgan fingerprint density at radius 1 is 1.30 bits per heavy atom. The predicted octanol–water partition coefficient (Wildman–Crippen LogP) is 3.86. The van der Waals surface area contributed by atoms with Gasteiger partial charge in [0.2, 0.25) is 0 Å². The molecular formula is C15H16ClNO2S. The molecule has 2 rings (SSSR count). The van der Waals surface area contributed by atoms with E-state index in [1.54, 1.807) is 24.1 Å². The number of thiophene rings is 1. The summed E-state index contributed by atoms with van der Waals surface area (Å²) in [5.74, 6) is 0.822. The second-order valence-corrected chi connectivity index (χ2v) is 6.16. The van der Waals surface area contributed by atoms with Gasteiger partial charge in [-0.3, -0.25) is 4.79 Å². The van der Waals surface area contributed by atoms with E-state index in [-0.39, 0.29) is 5.91 Å². The number of carbonyl (C=O) groups excluding carboxylic acids is 1. The van der Waals surface area contributed by atoms with Crippen LogP contribution >= 0.6 is 22.9 Å². The molecule has 0 aliphatic carbocycles. The number of carbonyl (C=O) groups is 1. The third-order valence-corrected chi connectivity index (χ3v) is 4.13. The van der Waals surface area contributed by atoms with Gasteiger partial charge in [-0.05, 0) is 30.7 Å². The highest BCUT2D eigenvalue weighted by atomic mass is 35.5. The van der Waals surface area contributed by atoms with Crippen molar-refractivity contribution in [1.29, 1.82) is 0 Å². The van der Waals surface area contributed by atoms with Gasteiger partial charge in [-0.1, -0.05) is 29.8 Å². The van der Waals surface area contributed by atoms with Gasteiger partial charge in [0.05, 0.1) is 15.8 Å². The van der Waals surface area contributed by atoms with Gasteiger partial charge in [-0.25, -0.2) is 0 Å². The lowest BCUT2D eigenvalue weighted by Crippen LogP contribution is -2.30. The van der Waals surface area contributed by atoms with E-state index < -0.39 is 0 Å². The molecule has 0 saturated carbocycles. The van der Waals surface area contributed by atoms with Gasteiger partial charge in [-0.15, -0.1) is 11.3 Å². The molecule has 0 aliphatic heterocycles. The van der Waals surface area contributed by atoms with Crippen LogP contribution in [0.1, 0.15) is 15.2 Å². The van der Waals surface area contributed by atoms with Gasteiger partial charge >= 0.3 is 0 Å². The molecule has 0 saturated heterocycles. The lowest BCUT2D eigenvalue weighted by Gasteiger charge is -2.17. The molecule has 0 aliphatic rings. The first-order valence-electron chi connectivity index (χ1n) is 6.27. The lowest BCUT2D eigenvalue weighted by atomic mass is 10.2. The van der Waals surface area contributed by atoms with Crippen molar-refractivity contribution in [2.75, 3.05) is 20.2 Å². The van der Waals surface area contributed by atoms with E-state index in [0.717, 1.165) is 11.3 Å². The molecule has 0 unspecified atom stereocenters. The summed E-state index contributed by atoms with van der Waals surface area (Å²) in [5, 5.41) is 0. The van der Waals surface area contributed by atoms with Crippen LogP contribution in [0.5, 0.6) is 5.75 Å². The summed E-state index contributed by atoms with van der Waals surface area (Å²) in [5.41, 5.74) is 1.09. The molecule has 106 valence electrons. The molecule has 1 aromatic carbocycles. The van der Waals surface area contributed by atoms with Crippen molar-refractivity contribution in [3.05, 3.63) is 51.2 Å². The molecule has 5 heteroatoms. The quantitative estimate of drug-likeness (QED) is 0.839. The Hall–Kier alpha value is -1.52. The van der Waals surface area contributed by atoms with E-state index in [4.69, 9.17) is 16.3 Å². The number of hydrogen-bond acceptors (Lipinski definition) is 3. The molecule has 3 nitrogen and oxygen atoms in total. The highest BCUT2D eigenvalue weighted by Gasteiger charge is 2.13. The van der Waals surface area contributed by atoms with E-state index >= 15 is 0 Å². The summed E-state index contributed by atoms with van der Waals surface area (Å²) in [4.78, 5) is 14.4. The molecule has 0 bridgehead atoms. The Labute approximate surface area is 127 Å². The second-order valence-electron chi connectivity index (χ2n) is 4.44. The van der Waals surface area contributed by atoms with E-state index in [0.29, 0.717) is 22.4 Å². The summed E-state index contributed by atoms with van der Waals surface area (Å²) in [6, 6.07) is 11.3. The molecule has 0 spiro atoms. The minimum absolute atomic E-state index is 0.0321. The number of hydrogen-bond donors (Lipinski definition) is 0. The van der Waals surface area contributed by atoms with Crippen LogP contribution in [0.15, 0.2) is 36.4 Å². The standard InChI is InChI=1S/C15H16ClNO2S/c1-11-5-3-4-6-12(11)19-10-9-17(2)15(18)13-7-8-14(16)20-13/h3-8H,9-10H2,1-2H3. The molecule has 0 fully saturated rings. The first-order chi connectivity index (χ1) is 9.58. The van der Waals surface area contributed by atoms with Crippen molar-refractivity contribution in [1.82, 2.24) is 4.90 Å². The first-order valence-corrected chi connectivity index (χ1v) is 7.46. The molecule has 1 amide bonds. The van der Waals surface area contributed by atoms with Crippen molar-refractivity contribution in [2.24, 2.45) is 0 Å². The number of nitrogens with zero attached hydrogens (tertiary/aromatic N) is 1. The molecule has 0 N–H and O–H groups in total. The number of aryl methyl sites for hydroxylation is 1. The van der Waals surface area contributed by atoms with Crippen LogP contribution in [0.4, 0.5) is 0 Å². The van der Waals surface area contributed by atoms with Crippen molar-refractivity contribution in [3.63, 3.8) is 0 Å². The Bertz CT molecular complexity index is 597. The topological polar surface area (TPSA) is 29.5 Å². The molecule has 2 aromatic rings. The van der Waals surface area contributed by atoms with Crippen LogP contribution in [0.25, 0.3) is 0 Å². The highest BCUT2D eigenvalue weighted by molar-refractivity contribution is 7.17. The monoisotopic (exact) mass is 309 g/mol. The zero-order chi connectivity index (χ0) is 14.5. The largest absolute Gasteiger partial charge is 0.491 e. The zero-order valence-electron chi connectivity index (χ0n) is 11.4. The Balaban J connectivity index is 1.85. The number of amides is 1. The van der Waals surface area contributed by atoms with Crippen LogP contribution in [0.3, 0.4) is 0 Å². The van der Waals surface area contributed by atoms with E-state index in [9.17, 15) is 4.79 Å². The van der Waals surface area contributed by atoms with Crippen LogP contribution in [-0.2, 0) is 0 Å². The van der Waals surface area contributed by atoms with Crippen LogP contribution in [0, 0.1) is 6.92 Å². The highest BCUT2D eigenvalue weighted by Crippen LogP contribution is 2.22. The summed E-state index contributed by atoms with van der Waals surface area (Å²) in [6.45, 7) is 2.99. The molecule has 0 radical (unpaired) electrons. The summed E-state index contributed by atoms with van der Waals surface area (Å²) < 4.78 is 6.31. The van der Waals surface area contributed by atoms with Crippen LogP contribution < -0.4 is 4.74 Å². The van der Waals surface area contributed by atoms with Crippen molar-refractivity contribution in [3.8, 4) is 5.75 Å². The van der Waals surface area contributed by atoms with Crippen LogP contribution in [0.2, 0.25) is 4.34 Å². The number of ether oxygens (including phenoxy) is 1. The average molecular weight is 310 g/mol. The molecule has 1 heterocycles. The van der Waals surface area contributed by atoms with E-state index in [1.807, 2.05) is 31.2 Å². The van der Waals surface area contributed by atoms with Crippen molar-refractivity contribution >= 4 is 28.8 Å². The Morgan fingerprint density at radius 3 is 2.70 bits per heavy atom. The third kappa shape index (κ3) is 3.74. The van der Waals surface area contributed by atoms with Crippen molar-refractivity contribution in [2.45, 2.75) is 6.92 Å². The van der Waals surface area contributed by atoms with Gasteiger partial charge < -0.3 is 9.64 Å². The van der Waals surface area contributed by atoms with Crippen LogP contribution in [-0.4, -0.2) is 31.0 Å². The molecule has 0 atom stereocenters. The normalized spacial score (nSPS) is 10.3. The maximum atomic E-state index is 12.1. The Kier molecular flexibility index (Phi) is 5.04. The first kappa shape index (κ1) is 14.9. The van der Waals surface area contributed by atoms with E-state index in [1.165, 1.54) is 11.3 Å². The minimum atomic E-state index is -0.0321. The second kappa shape index (κ2) is 6.77. The number of para-hydroxylation sites is 1. The molecule has 1 aromatic heterocycles. The summed E-state index contributed by atoms with van der Waals surface area (Å²) in [7, 11) is 1.76. The SMILES string of the molecule is Cc1ccccc1OCCN(C)C(=O)c1ccc(Cl)s1. The lowest BCUT2D eigenvalue weighted by molar-refractivity contribution is 0.0778. The number of rotatable bonds is 5. The predicted molar refractivity (Wildman–Crippen MR) is 83.0 cm³/mol. The Morgan fingerprint density at radius 2 is 2.05 bits per heavy atom. The summed E-state index contributed by atoms with van der Waals surface area (Å²) in [6.07, 6.45) is 0. The van der Waals surface area contributed by atoms with Gasteiger partial charge in [-0.2, -0.15) is 0 Å². The number of likely N-dealkylation sites (N-methyl/N-ethyl adjacent to an activating group) is 1. The fourth-order valence-corrected chi connectivity index (χ4v) is 2.77. The maximum absolute atomic E-state index is 12.1. The number of halogens is 1. The summed E-state index contributed by atoms with van der Waals surface area (Å²) >= 11 is 7.12. The van der Waals surface area contributed by atoms with Gasteiger partial charge in [0.15, 0.2) is 0 Å². The molecule has 20 heavy (non-hydrogen) atoms. The minimum Gasteiger partial charge on any atom is -0.491 e. The van der Waals surface area contributed by atoms with E-state index in [2.05, 4.69) is 0 Å². The molecular weight excluding hydrogens is 294 g/mol. The fraction of sp³-hybridized carbons (Fsp3) is 0.267.